The van der Waals surface area contributed by atoms with Crippen LogP contribution in [0.4, 0.5) is 0 Å². The molecule has 0 bridgehead atoms. The maximum atomic E-state index is 12.6. The van der Waals surface area contributed by atoms with Crippen molar-refractivity contribution in [2.24, 2.45) is 0 Å². The van der Waals surface area contributed by atoms with Crippen LogP contribution < -0.4 is 5.43 Å². The minimum atomic E-state index is 0.172. The van der Waals surface area contributed by atoms with Gasteiger partial charge in [0.1, 0.15) is 0 Å². The summed E-state index contributed by atoms with van der Waals surface area (Å²) >= 11 is 4.42. The van der Waals surface area contributed by atoms with Gasteiger partial charge >= 0.3 is 0 Å². The van der Waals surface area contributed by atoms with Crippen LogP contribution in [0.5, 0.6) is 0 Å². The van der Waals surface area contributed by atoms with Gasteiger partial charge in [-0.3, -0.25) is 4.79 Å². The standard InChI is InChI=1S/C17H19I2NO/c1-3-8-13-14(18)17(21)15(19)16(20(13)11-4-2)12-9-6-5-7-10-12/h5-7,9-10H,3-4,8,11H2,1-2H3. The number of aromatic nitrogens is 1. The van der Waals surface area contributed by atoms with Gasteiger partial charge in [-0.1, -0.05) is 50.6 Å². The first kappa shape index (κ1) is 17.0. The van der Waals surface area contributed by atoms with Gasteiger partial charge in [-0.15, -0.1) is 0 Å². The van der Waals surface area contributed by atoms with E-state index in [1.165, 1.54) is 5.69 Å². The first-order valence-electron chi connectivity index (χ1n) is 7.27. The third-order valence-electron chi connectivity index (χ3n) is 3.44. The van der Waals surface area contributed by atoms with Gasteiger partial charge in [0.15, 0.2) is 0 Å². The minimum absolute atomic E-state index is 0.172. The molecule has 0 aliphatic rings. The van der Waals surface area contributed by atoms with E-state index >= 15 is 0 Å². The van der Waals surface area contributed by atoms with Crippen LogP contribution in [0.25, 0.3) is 11.3 Å². The van der Waals surface area contributed by atoms with E-state index < -0.39 is 0 Å². The van der Waals surface area contributed by atoms with Crippen LogP contribution in [0.1, 0.15) is 32.4 Å². The highest BCUT2D eigenvalue weighted by molar-refractivity contribution is 14.1. The molecule has 2 aromatic rings. The van der Waals surface area contributed by atoms with E-state index in [4.69, 9.17) is 0 Å². The van der Waals surface area contributed by atoms with Crippen molar-refractivity contribution in [1.29, 1.82) is 0 Å². The third kappa shape index (κ3) is 3.52. The molecule has 2 rings (SSSR count). The normalized spacial score (nSPS) is 10.9. The molecule has 4 heteroatoms. The molecule has 0 radical (unpaired) electrons. The minimum Gasteiger partial charge on any atom is -0.342 e. The molecule has 1 aromatic carbocycles. The number of rotatable bonds is 5. The SMILES string of the molecule is CCCc1c(I)c(=O)c(I)c(-c2ccccc2)n1CCC. The Morgan fingerprint density at radius 3 is 2.24 bits per heavy atom. The van der Waals surface area contributed by atoms with E-state index in [1.807, 2.05) is 18.2 Å². The monoisotopic (exact) mass is 507 g/mol. The molecule has 0 amide bonds. The van der Waals surface area contributed by atoms with Crippen LogP contribution in [0.3, 0.4) is 0 Å². The lowest BCUT2D eigenvalue weighted by Gasteiger charge is -2.21. The van der Waals surface area contributed by atoms with Gasteiger partial charge in [-0.2, -0.15) is 0 Å². The zero-order valence-electron chi connectivity index (χ0n) is 12.3. The molecule has 112 valence electrons. The molecule has 0 saturated heterocycles. The highest BCUT2D eigenvalue weighted by Crippen LogP contribution is 2.27. The van der Waals surface area contributed by atoms with E-state index in [9.17, 15) is 4.79 Å². The molecule has 0 atom stereocenters. The number of nitrogens with zero attached hydrogens (tertiary/aromatic N) is 1. The van der Waals surface area contributed by atoms with Gasteiger partial charge in [-0.25, -0.2) is 0 Å². The van der Waals surface area contributed by atoms with Crippen LogP contribution >= 0.6 is 45.2 Å². The Kier molecular flexibility index (Phi) is 6.28. The summed E-state index contributed by atoms with van der Waals surface area (Å²) in [6.07, 6.45) is 3.06. The Morgan fingerprint density at radius 1 is 1.00 bits per heavy atom. The molecular weight excluding hydrogens is 488 g/mol. The Hall–Kier alpha value is -0.370. The molecule has 0 saturated carbocycles. The lowest BCUT2D eigenvalue weighted by molar-refractivity contribution is 0.630. The van der Waals surface area contributed by atoms with Crippen molar-refractivity contribution in [2.75, 3.05) is 0 Å². The summed E-state index contributed by atoms with van der Waals surface area (Å²) in [6.45, 7) is 5.30. The summed E-state index contributed by atoms with van der Waals surface area (Å²) < 4.78 is 4.06. The molecule has 0 aliphatic carbocycles. The summed E-state index contributed by atoms with van der Waals surface area (Å²) in [4.78, 5) is 12.6. The van der Waals surface area contributed by atoms with E-state index in [1.54, 1.807) is 0 Å². The van der Waals surface area contributed by atoms with Crippen LogP contribution in [-0.4, -0.2) is 4.57 Å². The maximum Gasteiger partial charge on any atom is 0.209 e. The van der Waals surface area contributed by atoms with Gasteiger partial charge in [0.05, 0.1) is 12.8 Å². The number of pyridine rings is 1. The Labute approximate surface area is 153 Å². The van der Waals surface area contributed by atoms with Crippen LogP contribution in [0.15, 0.2) is 35.1 Å². The molecule has 0 N–H and O–H groups in total. The quantitative estimate of drug-likeness (QED) is 0.518. The van der Waals surface area contributed by atoms with Crippen molar-refractivity contribution in [2.45, 2.75) is 39.7 Å². The fourth-order valence-electron chi connectivity index (χ4n) is 2.54. The first-order chi connectivity index (χ1) is 10.1. The molecule has 0 unspecified atom stereocenters. The average Bonchev–Trinajstić information content (AvgIpc) is 2.50. The number of halogens is 2. The van der Waals surface area contributed by atoms with Gasteiger partial charge in [0, 0.05) is 12.2 Å². The molecule has 0 aliphatic heterocycles. The number of hydrogen-bond donors (Lipinski definition) is 0. The Morgan fingerprint density at radius 2 is 1.67 bits per heavy atom. The summed E-state index contributed by atoms with van der Waals surface area (Å²) in [7, 11) is 0. The fourth-order valence-corrected chi connectivity index (χ4v) is 4.76. The van der Waals surface area contributed by atoms with Gasteiger partial charge < -0.3 is 4.57 Å². The predicted octanol–water partition coefficient (Wildman–Crippen LogP) is 5.09. The molecule has 21 heavy (non-hydrogen) atoms. The lowest BCUT2D eigenvalue weighted by Crippen LogP contribution is -2.23. The van der Waals surface area contributed by atoms with Crippen molar-refractivity contribution in [3.8, 4) is 11.3 Å². The van der Waals surface area contributed by atoms with Crippen LogP contribution in [-0.2, 0) is 13.0 Å². The van der Waals surface area contributed by atoms with Crippen molar-refractivity contribution < 1.29 is 0 Å². The van der Waals surface area contributed by atoms with Crippen molar-refractivity contribution in [3.63, 3.8) is 0 Å². The number of hydrogen-bond acceptors (Lipinski definition) is 1. The molecule has 0 fully saturated rings. The molecule has 1 heterocycles. The Balaban J connectivity index is 2.81. The summed E-state index contributed by atoms with van der Waals surface area (Å²) in [5, 5.41) is 0. The topological polar surface area (TPSA) is 22.0 Å². The second kappa shape index (κ2) is 7.76. The summed E-state index contributed by atoms with van der Waals surface area (Å²) in [5.41, 5.74) is 3.56. The maximum absolute atomic E-state index is 12.6. The smallest absolute Gasteiger partial charge is 0.209 e. The predicted molar refractivity (Wildman–Crippen MR) is 106 cm³/mol. The third-order valence-corrected chi connectivity index (χ3v) is 5.55. The van der Waals surface area contributed by atoms with E-state index in [-0.39, 0.29) is 5.43 Å². The Bertz CT molecular complexity index is 677. The molecule has 1 aromatic heterocycles. The highest BCUT2D eigenvalue weighted by Gasteiger charge is 2.19. The highest BCUT2D eigenvalue weighted by atomic mass is 127. The van der Waals surface area contributed by atoms with E-state index in [2.05, 4.69) is 75.7 Å². The molecular formula is C17H19I2NO. The van der Waals surface area contributed by atoms with Gasteiger partial charge in [-0.05, 0) is 63.6 Å². The largest absolute Gasteiger partial charge is 0.342 e. The number of benzene rings is 1. The second-order valence-corrected chi connectivity index (χ2v) is 7.18. The van der Waals surface area contributed by atoms with Crippen LogP contribution in [0.2, 0.25) is 0 Å². The second-order valence-electron chi connectivity index (χ2n) is 5.02. The fraction of sp³-hybridized carbons (Fsp3) is 0.353. The van der Waals surface area contributed by atoms with E-state index in [0.717, 1.165) is 44.2 Å². The van der Waals surface area contributed by atoms with Gasteiger partial charge in [0.2, 0.25) is 5.43 Å². The van der Waals surface area contributed by atoms with Crippen molar-refractivity contribution >= 4 is 45.2 Å². The zero-order valence-corrected chi connectivity index (χ0v) is 16.6. The van der Waals surface area contributed by atoms with E-state index in [0.29, 0.717) is 0 Å². The lowest BCUT2D eigenvalue weighted by atomic mass is 10.1. The van der Waals surface area contributed by atoms with Gasteiger partial charge in [0.25, 0.3) is 0 Å². The molecule has 2 nitrogen and oxygen atoms in total. The van der Waals surface area contributed by atoms with Crippen molar-refractivity contribution in [3.05, 3.63) is 53.4 Å². The summed E-state index contributed by atoms with van der Waals surface area (Å²) in [5.74, 6) is 0. The van der Waals surface area contributed by atoms with Crippen molar-refractivity contribution in [1.82, 2.24) is 4.57 Å². The average molecular weight is 507 g/mol. The molecule has 0 spiro atoms. The summed E-state index contributed by atoms with van der Waals surface area (Å²) in [6, 6.07) is 10.3. The van der Waals surface area contributed by atoms with Crippen LogP contribution in [0, 0.1) is 7.14 Å². The zero-order chi connectivity index (χ0) is 15.4. The first-order valence-corrected chi connectivity index (χ1v) is 9.43.